The molecular weight excluding hydrogens is 232 g/mol. The molecule has 5 heteroatoms. The predicted molar refractivity (Wildman–Crippen MR) is 68.6 cm³/mol. The normalized spacial score (nSPS) is 11.6. The van der Waals surface area contributed by atoms with Gasteiger partial charge in [-0.3, -0.25) is 0 Å². The lowest BCUT2D eigenvalue weighted by atomic mass is 10.2. The van der Waals surface area contributed by atoms with Crippen molar-refractivity contribution in [2.24, 2.45) is 5.10 Å². The molecule has 0 spiro atoms. The number of hydrogen-bond donors (Lipinski definition) is 1. The average molecular weight is 246 g/mol. The third-order valence-corrected chi connectivity index (χ3v) is 2.37. The maximum atomic E-state index is 11.1. The Morgan fingerprint density at radius 3 is 2.94 bits per heavy atom. The van der Waals surface area contributed by atoms with Crippen LogP contribution in [-0.2, 0) is 4.74 Å². The number of carbonyl (C=O) groups is 1. The summed E-state index contributed by atoms with van der Waals surface area (Å²) in [6, 6.07) is 9.55. The summed E-state index contributed by atoms with van der Waals surface area (Å²) in [4.78, 5) is 11.1. The van der Waals surface area contributed by atoms with Crippen molar-refractivity contribution in [1.82, 2.24) is 5.43 Å². The first kappa shape index (κ1) is 12.2. The Kier molecular flexibility index (Phi) is 3.62. The lowest BCUT2D eigenvalue weighted by Crippen LogP contribution is -2.20. The fourth-order valence-corrected chi connectivity index (χ4v) is 1.51. The Labute approximate surface area is 104 Å². The summed E-state index contributed by atoms with van der Waals surface area (Å²) in [5.41, 5.74) is 3.67. The van der Waals surface area contributed by atoms with Crippen LogP contribution in [0.1, 0.15) is 19.6 Å². The number of ether oxygens (including phenoxy) is 1. The van der Waals surface area contributed by atoms with Crippen LogP contribution in [0.3, 0.4) is 0 Å². The van der Waals surface area contributed by atoms with Gasteiger partial charge in [-0.05, 0) is 26.0 Å². The number of nitrogens with zero attached hydrogens (tertiary/aromatic N) is 1. The van der Waals surface area contributed by atoms with Gasteiger partial charge in [-0.2, -0.15) is 5.10 Å². The average Bonchev–Trinajstić information content (AvgIpc) is 2.80. The van der Waals surface area contributed by atoms with Gasteiger partial charge in [0.05, 0.1) is 6.61 Å². The van der Waals surface area contributed by atoms with Crippen LogP contribution in [0, 0.1) is 0 Å². The summed E-state index contributed by atoms with van der Waals surface area (Å²) in [6.45, 7) is 3.80. The lowest BCUT2D eigenvalue weighted by Gasteiger charge is -2.00. The largest absolute Gasteiger partial charge is 0.455 e. The summed E-state index contributed by atoms with van der Waals surface area (Å²) in [5, 5.41) is 4.90. The fraction of sp³-hybridized carbons (Fsp3) is 0.231. The number of rotatable bonds is 3. The monoisotopic (exact) mass is 246 g/mol. The van der Waals surface area contributed by atoms with Crippen molar-refractivity contribution in [2.45, 2.75) is 13.8 Å². The van der Waals surface area contributed by atoms with Crippen LogP contribution in [0.4, 0.5) is 4.79 Å². The third-order valence-electron chi connectivity index (χ3n) is 2.37. The number of furan rings is 1. The van der Waals surface area contributed by atoms with Gasteiger partial charge < -0.3 is 9.15 Å². The number of benzene rings is 1. The topological polar surface area (TPSA) is 63.8 Å². The molecule has 0 saturated heterocycles. The van der Waals surface area contributed by atoms with Crippen LogP contribution in [-0.4, -0.2) is 18.4 Å². The molecule has 0 bridgehead atoms. The van der Waals surface area contributed by atoms with E-state index in [1.807, 2.05) is 30.3 Å². The minimum absolute atomic E-state index is 0.311. The van der Waals surface area contributed by atoms with E-state index in [-0.39, 0.29) is 0 Å². The molecule has 1 N–H and O–H groups in total. The van der Waals surface area contributed by atoms with Gasteiger partial charge >= 0.3 is 6.09 Å². The van der Waals surface area contributed by atoms with Gasteiger partial charge in [-0.25, -0.2) is 10.2 Å². The van der Waals surface area contributed by atoms with Crippen LogP contribution in [0.5, 0.6) is 0 Å². The van der Waals surface area contributed by atoms with Gasteiger partial charge in [-0.1, -0.05) is 18.2 Å². The molecule has 0 saturated carbocycles. The highest BCUT2D eigenvalue weighted by atomic mass is 16.5. The highest BCUT2D eigenvalue weighted by Crippen LogP contribution is 2.19. The zero-order chi connectivity index (χ0) is 13.0. The lowest BCUT2D eigenvalue weighted by molar-refractivity contribution is 0.152. The Hall–Kier alpha value is -2.30. The van der Waals surface area contributed by atoms with E-state index in [4.69, 9.17) is 9.15 Å². The van der Waals surface area contributed by atoms with Crippen molar-refractivity contribution < 1.29 is 13.9 Å². The summed E-state index contributed by atoms with van der Waals surface area (Å²) >= 11 is 0. The molecule has 0 aliphatic carbocycles. The SMILES string of the molecule is CCOC(=O)N/N=C(\C)c1cc2ccccc2o1. The van der Waals surface area contributed by atoms with Crippen LogP contribution >= 0.6 is 0 Å². The van der Waals surface area contributed by atoms with Gasteiger partial charge in [0, 0.05) is 5.39 Å². The van der Waals surface area contributed by atoms with Crippen molar-refractivity contribution in [3.8, 4) is 0 Å². The molecule has 0 aliphatic heterocycles. The van der Waals surface area contributed by atoms with E-state index in [9.17, 15) is 4.79 Å². The molecule has 0 atom stereocenters. The standard InChI is InChI=1S/C13H14N2O3/c1-3-17-13(16)15-14-9(2)12-8-10-6-4-5-7-11(10)18-12/h4-8H,3H2,1-2H3,(H,15,16)/b14-9+. The Morgan fingerprint density at radius 1 is 1.44 bits per heavy atom. The molecule has 1 amide bonds. The Bertz CT molecular complexity index is 554. The predicted octanol–water partition coefficient (Wildman–Crippen LogP) is 2.90. The van der Waals surface area contributed by atoms with Crippen molar-refractivity contribution in [1.29, 1.82) is 0 Å². The van der Waals surface area contributed by atoms with Gasteiger partial charge in [0.2, 0.25) is 0 Å². The number of amides is 1. The molecule has 1 aromatic heterocycles. The fourth-order valence-electron chi connectivity index (χ4n) is 1.51. The smallest absolute Gasteiger partial charge is 0.427 e. The van der Waals surface area contributed by atoms with Crippen molar-refractivity contribution in [2.75, 3.05) is 6.61 Å². The van der Waals surface area contributed by atoms with Crippen molar-refractivity contribution in [3.63, 3.8) is 0 Å². The molecule has 0 aliphatic rings. The quantitative estimate of drug-likeness (QED) is 0.669. The third kappa shape index (κ3) is 2.68. The first-order valence-electron chi connectivity index (χ1n) is 5.66. The number of fused-ring (bicyclic) bond motifs is 1. The highest BCUT2D eigenvalue weighted by molar-refractivity contribution is 6.00. The van der Waals surface area contributed by atoms with E-state index in [0.29, 0.717) is 18.1 Å². The minimum Gasteiger partial charge on any atom is -0.455 e. The molecule has 18 heavy (non-hydrogen) atoms. The second-order valence-corrected chi connectivity index (χ2v) is 3.68. The number of para-hydroxylation sites is 1. The van der Waals surface area contributed by atoms with E-state index in [0.717, 1.165) is 11.0 Å². The molecule has 94 valence electrons. The van der Waals surface area contributed by atoms with Crippen LogP contribution in [0.25, 0.3) is 11.0 Å². The summed E-state index contributed by atoms with van der Waals surface area (Å²) < 4.78 is 10.3. The maximum Gasteiger partial charge on any atom is 0.427 e. The molecular formula is C13H14N2O3. The van der Waals surface area contributed by atoms with Crippen LogP contribution < -0.4 is 5.43 Å². The molecule has 2 rings (SSSR count). The second-order valence-electron chi connectivity index (χ2n) is 3.68. The summed E-state index contributed by atoms with van der Waals surface area (Å²) in [5.74, 6) is 0.619. The number of hydrazone groups is 1. The molecule has 0 fully saturated rings. The molecule has 1 aromatic carbocycles. The number of hydrogen-bond acceptors (Lipinski definition) is 4. The molecule has 5 nitrogen and oxygen atoms in total. The summed E-state index contributed by atoms with van der Waals surface area (Å²) in [7, 11) is 0. The first-order valence-corrected chi connectivity index (χ1v) is 5.66. The zero-order valence-corrected chi connectivity index (χ0v) is 10.3. The van der Waals surface area contributed by atoms with Crippen LogP contribution in [0.15, 0.2) is 39.9 Å². The molecule has 1 heterocycles. The van der Waals surface area contributed by atoms with Gasteiger partial charge in [0.15, 0.2) is 5.76 Å². The van der Waals surface area contributed by atoms with E-state index in [2.05, 4.69) is 10.5 Å². The minimum atomic E-state index is -0.576. The molecule has 0 unspecified atom stereocenters. The highest BCUT2D eigenvalue weighted by Gasteiger charge is 2.06. The molecule has 0 radical (unpaired) electrons. The molecule has 2 aromatic rings. The number of carbonyl (C=O) groups excluding carboxylic acids is 1. The van der Waals surface area contributed by atoms with Crippen molar-refractivity contribution in [3.05, 3.63) is 36.1 Å². The van der Waals surface area contributed by atoms with Crippen molar-refractivity contribution >= 4 is 22.8 Å². The Balaban J connectivity index is 2.15. The summed E-state index contributed by atoms with van der Waals surface area (Å²) in [6.07, 6.45) is -0.576. The number of nitrogens with one attached hydrogen (secondary N) is 1. The second kappa shape index (κ2) is 5.35. The van der Waals surface area contributed by atoms with Gasteiger partial charge in [0.25, 0.3) is 0 Å². The van der Waals surface area contributed by atoms with E-state index in [1.54, 1.807) is 13.8 Å². The van der Waals surface area contributed by atoms with Crippen LogP contribution in [0.2, 0.25) is 0 Å². The van der Waals surface area contributed by atoms with Gasteiger partial charge in [0.1, 0.15) is 11.3 Å². The van der Waals surface area contributed by atoms with Gasteiger partial charge in [-0.15, -0.1) is 0 Å². The first-order chi connectivity index (χ1) is 8.70. The Morgan fingerprint density at radius 2 is 2.22 bits per heavy atom. The maximum absolute atomic E-state index is 11.1. The zero-order valence-electron chi connectivity index (χ0n) is 10.3. The van der Waals surface area contributed by atoms with E-state index >= 15 is 0 Å². The van der Waals surface area contributed by atoms with E-state index in [1.165, 1.54) is 0 Å². The van der Waals surface area contributed by atoms with E-state index < -0.39 is 6.09 Å².